The lowest BCUT2D eigenvalue weighted by Crippen LogP contribution is -2.22. The van der Waals surface area contributed by atoms with E-state index >= 15 is 0 Å². The molecule has 9 heteroatoms. The highest BCUT2D eigenvalue weighted by Crippen LogP contribution is 2.31. The maximum atomic E-state index is 9.36. The van der Waals surface area contributed by atoms with Crippen LogP contribution in [0.25, 0.3) is 22.3 Å². The lowest BCUT2D eigenvalue weighted by molar-refractivity contribution is -0.0132. The topological polar surface area (TPSA) is 109 Å². The van der Waals surface area contributed by atoms with E-state index in [4.69, 9.17) is 28.4 Å². The summed E-state index contributed by atoms with van der Waals surface area (Å²) in [4.78, 5) is 4.35. The van der Waals surface area contributed by atoms with Crippen molar-refractivity contribution in [1.82, 2.24) is 4.98 Å². The number of aliphatic hydroxyl groups excluding tert-OH is 2. The molecule has 4 atom stereocenters. The van der Waals surface area contributed by atoms with Gasteiger partial charge in [-0.1, -0.05) is 48.5 Å². The zero-order valence-electron chi connectivity index (χ0n) is 28.9. The van der Waals surface area contributed by atoms with Crippen LogP contribution in [0.1, 0.15) is 27.7 Å². The molecule has 2 N–H and O–H groups in total. The highest BCUT2D eigenvalue weighted by molar-refractivity contribution is 5.66. The molecule has 1 aromatic heterocycles. The molecular weight excluding hydrogens is 634 g/mol. The molecule has 0 aliphatic heterocycles. The van der Waals surface area contributed by atoms with Crippen LogP contribution in [0.2, 0.25) is 0 Å². The first-order chi connectivity index (χ1) is 24.2. The van der Waals surface area contributed by atoms with E-state index in [1.165, 1.54) is 0 Å². The fourth-order valence-electron chi connectivity index (χ4n) is 4.82. The maximum absolute atomic E-state index is 9.36. The van der Waals surface area contributed by atoms with E-state index in [0.29, 0.717) is 36.3 Å². The van der Waals surface area contributed by atoms with Crippen LogP contribution in [-0.4, -0.2) is 66.0 Å². The van der Waals surface area contributed by atoms with Gasteiger partial charge in [-0.3, -0.25) is 0 Å². The van der Waals surface area contributed by atoms with Crippen molar-refractivity contribution in [1.29, 1.82) is 0 Å². The third kappa shape index (κ3) is 11.6. The smallest absolute Gasteiger partial charge is 0.222 e. The van der Waals surface area contributed by atoms with Crippen molar-refractivity contribution in [2.45, 2.75) is 52.1 Å². The molecule has 4 unspecified atom stereocenters. The number of rotatable bonds is 18. The Kier molecular flexibility index (Phi) is 13.2. The first kappa shape index (κ1) is 36.4. The predicted molar refractivity (Wildman–Crippen MR) is 193 cm³/mol. The lowest BCUT2D eigenvalue weighted by Gasteiger charge is -2.15. The minimum absolute atomic E-state index is 0.118. The SMILES string of the molecule is CC(O)COC(C)COc1ccc(-c2ccc(Oc3ccnc(Oc4ccc(-c5ccc(OCC(C)OCC(C)O)cc5)cc4)c3)cc2)cc1. The number of aliphatic hydroxyl groups is 2. The molecule has 4 aromatic carbocycles. The molecule has 0 spiro atoms. The number of aromatic nitrogens is 1. The molecule has 262 valence electrons. The van der Waals surface area contributed by atoms with Crippen LogP contribution in [0.5, 0.6) is 34.6 Å². The Bertz CT molecular complexity index is 1600. The molecule has 0 aliphatic rings. The number of benzene rings is 4. The van der Waals surface area contributed by atoms with Crippen molar-refractivity contribution in [3.05, 3.63) is 115 Å². The van der Waals surface area contributed by atoms with Gasteiger partial charge in [0.25, 0.3) is 0 Å². The van der Waals surface area contributed by atoms with Gasteiger partial charge in [0.2, 0.25) is 5.88 Å². The number of hydrogen-bond donors (Lipinski definition) is 2. The summed E-state index contributed by atoms with van der Waals surface area (Å²) in [6.07, 6.45) is 0.422. The Balaban J connectivity index is 1.10. The third-order valence-electron chi connectivity index (χ3n) is 7.46. The normalized spacial score (nSPS) is 13.6. The highest BCUT2D eigenvalue weighted by atomic mass is 16.5. The van der Waals surface area contributed by atoms with Gasteiger partial charge in [-0.05, 0) is 105 Å². The molecule has 0 saturated heterocycles. The average Bonchev–Trinajstić information content (AvgIpc) is 3.12. The summed E-state index contributed by atoms with van der Waals surface area (Å²) >= 11 is 0. The van der Waals surface area contributed by atoms with Crippen molar-refractivity contribution < 1.29 is 38.6 Å². The zero-order chi connectivity index (χ0) is 35.3. The molecule has 0 radical (unpaired) electrons. The second-order valence-corrected chi connectivity index (χ2v) is 12.2. The summed E-state index contributed by atoms with van der Waals surface area (Å²) in [5.41, 5.74) is 4.20. The molecule has 5 aromatic rings. The van der Waals surface area contributed by atoms with Crippen molar-refractivity contribution in [2.75, 3.05) is 26.4 Å². The van der Waals surface area contributed by atoms with Gasteiger partial charge in [-0.25, -0.2) is 4.98 Å². The molecule has 50 heavy (non-hydrogen) atoms. The molecule has 5 rings (SSSR count). The summed E-state index contributed by atoms with van der Waals surface area (Å²) in [5.74, 6) is 3.89. The monoisotopic (exact) mass is 679 g/mol. The largest absolute Gasteiger partial charge is 0.491 e. The van der Waals surface area contributed by atoms with Crippen LogP contribution in [-0.2, 0) is 9.47 Å². The number of nitrogens with zero attached hydrogens (tertiary/aromatic N) is 1. The van der Waals surface area contributed by atoms with Crippen molar-refractivity contribution in [3.8, 4) is 56.9 Å². The first-order valence-corrected chi connectivity index (χ1v) is 16.8. The fraction of sp³-hybridized carbons (Fsp3) is 0.293. The van der Waals surface area contributed by atoms with Crippen molar-refractivity contribution in [2.24, 2.45) is 0 Å². The van der Waals surface area contributed by atoms with E-state index in [0.717, 1.165) is 33.8 Å². The van der Waals surface area contributed by atoms with Gasteiger partial charge in [0.1, 0.15) is 42.0 Å². The molecule has 1 heterocycles. The second-order valence-electron chi connectivity index (χ2n) is 12.2. The Hall–Kier alpha value is -4.93. The van der Waals surface area contributed by atoms with Gasteiger partial charge in [-0.2, -0.15) is 0 Å². The van der Waals surface area contributed by atoms with Crippen LogP contribution in [0.4, 0.5) is 0 Å². The van der Waals surface area contributed by atoms with Crippen LogP contribution >= 0.6 is 0 Å². The summed E-state index contributed by atoms with van der Waals surface area (Å²) in [5, 5.41) is 18.7. The first-order valence-electron chi connectivity index (χ1n) is 16.8. The summed E-state index contributed by atoms with van der Waals surface area (Å²) in [6, 6.07) is 35.0. The van der Waals surface area contributed by atoms with E-state index < -0.39 is 12.2 Å². The Morgan fingerprint density at radius 2 is 0.840 bits per heavy atom. The van der Waals surface area contributed by atoms with E-state index in [-0.39, 0.29) is 25.4 Å². The third-order valence-corrected chi connectivity index (χ3v) is 7.46. The predicted octanol–water partition coefficient (Wildman–Crippen LogP) is 8.33. The number of pyridine rings is 1. The molecule has 0 fully saturated rings. The molecule has 0 saturated carbocycles. The van der Waals surface area contributed by atoms with Crippen LogP contribution in [0.3, 0.4) is 0 Å². The Labute approximate surface area is 294 Å². The minimum Gasteiger partial charge on any atom is -0.491 e. The molecular formula is C41H45NO8. The summed E-state index contributed by atoms with van der Waals surface area (Å²) < 4.78 is 34.8. The standard InChI is InChI=1S/C41H45NO8/c1-28(43)24-45-30(3)26-47-36-13-5-32(6-14-36)34-9-17-38(18-10-34)49-40-21-22-42-41(23-40)50-39-19-11-35(12-20-39)33-7-15-37(16-8-33)48-27-31(4)46-25-29(2)44/h5-23,28-31,43-44H,24-27H2,1-4H3. The van der Waals surface area contributed by atoms with E-state index in [2.05, 4.69) is 4.98 Å². The lowest BCUT2D eigenvalue weighted by atomic mass is 10.1. The van der Waals surface area contributed by atoms with Gasteiger partial charge in [-0.15, -0.1) is 0 Å². The maximum Gasteiger partial charge on any atom is 0.222 e. The highest BCUT2D eigenvalue weighted by Gasteiger charge is 2.09. The van der Waals surface area contributed by atoms with Crippen LogP contribution in [0, 0.1) is 0 Å². The number of ether oxygens (including phenoxy) is 6. The summed E-state index contributed by atoms with van der Waals surface area (Å²) in [7, 11) is 0. The Morgan fingerprint density at radius 1 is 0.460 bits per heavy atom. The minimum atomic E-state index is -0.498. The van der Waals surface area contributed by atoms with Gasteiger partial charge < -0.3 is 38.6 Å². The van der Waals surface area contributed by atoms with E-state index in [1.807, 2.05) is 111 Å². The van der Waals surface area contributed by atoms with E-state index in [1.54, 1.807) is 32.2 Å². The quantitative estimate of drug-likeness (QED) is 0.0945. The average molecular weight is 680 g/mol. The number of hydrogen-bond acceptors (Lipinski definition) is 9. The van der Waals surface area contributed by atoms with Crippen LogP contribution in [0.15, 0.2) is 115 Å². The molecule has 0 aliphatic carbocycles. The van der Waals surface area contributed by atoms with Crippen LogP contribution < -0.4 is 18.9 Å². The Morgan fingerprint density at radius 3 is 1.24 bits per heavy atom. The molecule has 0 bridgehead atoms. The molecule has 9 nitrogen and oxygen atoms in total. The van der Waals surface area contributed by atoms with E-state index in [9.17, 15) is 10.2 Å². The zero-order valence-corrected chi connectivity index (χ0v) is 28.9. The van der Waals surface area contributed by atoms with Crippen molar-refractivity contribution >= 4 is 0 Å². The molecule has 0 amide bonds. The van der Waals surface area contributed by atoms with Gasteiger partial charge in [0.15, 0.2) is 0 Å². The van der Waals surface area contributed by atoms with Gasteiger partial charge in [0, 0.05) is 12.3 Å². The van der Waals surface area contributed by atoms with Gasteiger partial charge >= 0.3 is 0 Å². The second kappa shape index (κ2) is 18.2. The van der Waals surface area contributed by atoms with Gasteiger partial charge in [0.05, 0.1) is 37.6 Å². The van der Waals surface area contributed by atoms with Crippen molar-refractivity contribution in [3.63, 3.8) is 0 Å². The fourth-order valence-corrected chi connectivity index (χ4v) is 4.82. The summed E-state index contributed by atoms with van der Waals surface area (Å²) in [6.45, 7) is 8.60.